The van der Waals surface area contributed by atoms with Crippen molar-refractivity contribution < 1.29 is 4.42 Å². The Balaban J connectivity index is 1.93. The van der Waals surface area contributed by atoms with Crippen molar-refractivity contribution in [2.24, 2.45) is 0 Å². The molecule has 0 fully saturated rings. The van der Waals surface area contributed by atoms with E-state index in [0.29, 0.717) is 12.4 Å². The van der Waals surface area contributed by atoms with E-state index in [2.05, 4.69) is 11.2 Å². The molecule has 0 saturated carbocycles. The van der Waals surface area contributed by atoms with Gasteiger partial charge in [0.15, 0.2) is 0 Å². The number of rotatable bonds is 3. The normalized spacial score (nSPS) is 10.5. The molecule has 0 spiro atoms. The SMILES string of the molecule is O=c1oc(-c2ccccc2)nn1Cc1cc[c]cc1. The quantitative estimate of drug-likeness (QED) is 0.718. The molecule has 3 aromatic rings. The first kappa shape index (κ1) is 11.5. The molecule has 3 rings (SSSR count). The number of hydrogen-bond acceptors (Lipinski definition) is 3. The molecule has 0 aliphatic rings. The van der Waals surface area contributed by atoms with Gasteiger partial charge in [-0.3, -0.25) is 0 Å². The maximum atomic E-state index is 11.7. The summed E-state index contributed by atoms with van der Waals surface area (Å²) in [4.78, 5) is 11.7. The van der Waals surface area contributed by atoms with Crippen molar-refractivity contribution in [1.82, 2.24) is 9.78 Å². The summed E-state index contributed by atoms with van der Waals surface area (Å²) in [5.41, 5.74) is 1.77. The largest absolute Gasteiger partial charge is 0.437 e. The van der Waals surface area contributed by atoms with E-state index < -0.39 is 5.76 Å². The summed E-state index contributed by atoms with van der Waals surface area (Å²) >= 11 is 0. The van der Waals surface area contributed by atoms with Crippen LogP contribution in [0.5, 0.6) is 0 Å². The zero-order chi connectivity index (χ0) is 13.1. The van der Waals surface area contributed by atoms with Crippen LogP contribution in [0.4, 0.5) is 0 Å². The van der Waals surface area contributed by atoms with Gasteiger partial charge in [-0.2, -0.15) is 4.68 Å². The highest BCUT2D eigenvalue weighted by atomic mass is 16.4. The van der Waals surface area contributed by atoms with Crippen molar-refractivity contribution in [2.45, 2.75) is 6.54 Å². The Hall–Kier alpha value is -2.62. The summed E-state index contributed by atoms with van der Waals surface area (Å²) in [6.07, 6.45) is 0. The van der Waals surface area contributed by atoms with Gasteiger partial charge in [0.05, 0.1) is 6.54 Å². The smallest absolute Gasteiger partial charge is 0.388 e. The standard InChI is InChI=1S/C15H11N2O2/c18-15-17(11-12-7-3-1-4-8-12)16-14(19-15)13-9-5-2-6-10-13/h2-10H,11H2. The van der Waals surface area contributed by atoms with E-state index in [-0.39, 0.29) is 0 Å². The summed E-state index contributed by atoms with van der Waals surface area (Å²) in [5, 5.41) is 4.20. The molecule has 19 heavy (non-hydrogen) atoms. The van der Waals surface area contributed by atoms with E-state index in [1.54, 1.807) is 12.1 Å². The minimum atomic E-state index is -0.452. The summed E-state index contributed by atoms with van der Waals surface area (Å²) in [7, 11) is 0. The van der Waals surface area contributed by atoms with Gasteiger partial charge in [-0.15, -0.1) is 5.10 Å². The molecule has 2 aromatic carbocycles. The molecule has 0 bridgehead atoms. The molecular formula is C15H11N2O2. The lowest BCUT2D eigenvalue weighted by Gasteiger charge is -1.97. The second-order valence-electron chi connectivity index (χ2n) is 4.11. The molecule has 0 aliphatic heterocycles. The van der Waals surface area contributed by atoms with Crippen LogP contribution in [0.25, 0.3) is 11.5 Å². The van der Waals surface area contributed by atoms with E-state index in [0.717, 1.165) is 11.1 Å². The Bertz CT molecular complexity index is 715. The Morgan fingerprint density at radius 3 is 2.58 bits per heavy atom. The maximum Gasteiger partial charge on any atom is 0.437 e. The van der Waals surface area contributed by atoms with Crippen molar-refractivity contribution in [1.29, 1.82) is 0 Å². The molecule has 0 N–H and O–H groups in total. The van der Waals surface area contributed by atoms with E-state index in [9.17, 15) is 4.79 Å². The van der Waals surface area contributed by atoms with Gasteiger partial charge in [0.25, 0.3) is 0 Å². The molecule has 1 aromatic heterocycles. The molecule has 0 amide bonds. The zero-order valence-electron chi connectivity index (χ0n) is 10.1. The minimum Gasteiger partial charge on any atom is -0.388 e. The number of aromatic nitrogens is 2. The lowest BCUT2D eigenvalue weighted by molar-refractivity contribution is 0.495. The van der Waals surface area contributed by atoms with Crippen LogP contribution in [0.1, 0.15) is 5.56 Å². The van der Waals surface area contributed by atoms with Crippen LogP contribution in [-0.4, -0.2) is 9.78 Å². The Labute approximate surface area is 109 Å². The van der Waals surface area contributed by atoms with E-state index in [1.807, 2.05) is 42.5 Å². The van der Waals surface area contributed by atoms with Gasteiger partial charge < -0.3 is 4.42 Å². The zero-order valence-corrected chi connectivity index (χ0v) is 10.1. The van der Waals surface area contributed by atoms with Crippen LogP contribution in [0, 0.1) is 6.07 Å². The molecule has 0 unspecified atom stereocenters. The summed E-state index contributed by atoms with van der Waals surface area (Å²) in [5.74, 6) is -0.111. The number of nitrogens with zero attached hydrogens (tertiary/aromatic N) is 2. The monoisotopic (exact) mass is 251 g/mol. The van der Waals surface area contributed by atoms with Gasteiger partial charge in [0.2, 0.25) is 5.89 Å². The van der Waals surface area contributed by atoms with Crippen LogP contribution >= 0.6 is 0 Å². The van der Waals surface area contributed by atoms with Gasteiger partial charge in [0, 0.05) is 5.56 Å². The van der Waals surface area contributed by atoms with Gasteiger partial charge >= 0.3 is 5.76 Å². The fraction of sp³-hybridized carbons (Fsp3) is 0.0667. The lowest BCUT2D eigenvalue weighted by Crippen LogP contribution is -2.16. The Morgan fingerprint density at radius 2 is 1.84 bits per heavy atom. The Kier molecular flexibility index (Phi) is 2.98. The second kappa shape index (κ2) is 4.94. The predicted molar refractivity (Wildman–Crippen MR) is 70.6 cm³/mol. The maximum absolute atomic E-state index is 11.7. The van der Waals surface area contributed by atoms with Crippen molar-refractivity contribution >= 4 is 0 Å². The number of hydrogen-bond donors (Lipinski definition) is 0. The van der Waals surface area contributed by atoms with Crippen molar-refractivity contribution in [2.75, 3.05) is 0 Å². The van der Waals surface area contributed by atoms with E-state index in [1.165, 1.54) is 4.68 Å². The molecule has 93 valence electrons. The molecule has 0 aliphatic carbocycles. The van der Waals surface area contributed by atoms with Crippen LogP contribution in [0.2, 0.25) is 0 Å². The first-order chi connectivity index (χ1) is 9.33. The molecule has 1 heterocycles. The fourth-order valence-electron chi connectivity index (χ4n) is 1.80. The van der Waals surface area contributed by atoms with Crippen LogP contribution in [0.3, 0.4) is 0 Å². The molecule has 4 nitrogen and oxygen atoms in total. The summed E-state index contributed by atoms with van der Waals surface area (Å²) < 4.78 is 6.48. The lowest BCUT2D eigenvalue weighted by atomic mass is 10.2. The average Bonchev–Trinajstić information content (AvgIpc) is 2.82. The van der Waals surface area contributed by atoms with Gasteiger partial charge in [0.1, 0.15) is 0 Å². The molecule has 0 atom stereocenters. The molecule has 0 saturated heterocycles. The third kappa shape index (κ3) is 2.47. The highest BCUT2D eigenvalue weighted by Gasteiger charge is 2.09. The Morgan fingerprint density at radius 1 is 1.11 bits per heavy atom. The van der Waals surface area contributed by atoms with E-state index >= 15 is 0 Å². The average molecular weight is 251 g/mol. The third-order valence-corrected chi connectivity index (χ3v) is 2.75. The van der Waals surface area contributed by atoms with E-state index in [4.69, 9.17) is 4.42 Å². The van der Waals surface area contributed by atoms with Crippen molar-refractivity contribution in [3.63, 3.8) is 0 Å². The highest BCUT2D eigenvalue weighted by Crippen LogP contribution is 2.14. The second-order valence-corrected chi connectivity index (χ2v) is 4.11. The third-order valence-electron chi connectivity index (χ3n) is 2.75. The van der Waals surface area contributed by atoms with Crippen molar-refractivity contribution in [3.05, 3.63) is 76.8 Å². The number of benzene rings is 2. The minimum absolute atomic E-state index is 0.341. The first-order valence-electron chi connectivity index (χ1n) is 5.91. The predicted octanol–water partition coefficient (Wildman–Crippen LogP) is 2.35. The summed E-state index contributed by atoms with van der Waals surface area (Å²) in [6, 6.07) is 19.7. The van der Waals surface area contributed by atoms with Gasteiger partial charge in [-0.05, 0) is 23.8 Å². The van der Waals surface area contributed by atoms with Crippen LogP contribution in [-0.2, 0) is 6.54 Å². The van der Waals surface area contributed by atoms with Crippen LogP contribution < -0.4 is 5.76 Å². The first-order valence-corrected chi connectivity index (χ1v) is 5.91. The molecular weight excluding hydrogens is 240 g/mol. The van der Waals surface area contributed by atoms with Crippen molar-refractivity contribution in [3.8, 4) is 11.5 Å². The topological polar surface area (TPSA) is 48.0 Å². The molecule has 1 radical (unpaired) electrons. The van der Waals surface area contributed by atoms with Gasteiger partial charge in [-0.25, -0.2) is 4.79 Å². The highest BCUT2D eigenvalue weighted by molar-refractivity contribution is 5.51. The molecule has 4 heteroatoms. The fourth-order valence-corrected chi connectivity index (χ4v) is 1.80. The van der Waals surface area contributed by atoms with Gasteiger partial charge in [-0.1, -0.05) is 42.5 Å². The van der Waals surface area contributed by atoms with Crippen LogP contribution in [0.15, 0.2) is 63.8 Å². The summed E-state index contributed by atoms with van der Waals surface area (Å²) in [6.45, 7) is 0.393.